The molecule has 3 rings (SSSR count). The SMILES string of the molecule is Cc1cccc2nc(C(C)Cl)n(C(C)C3CCC3)c12. The Morgan fingerprint density at radius 1 is 1.32 bits per heavy atom. The first-order valence-corrected chi connectivity index (χ1v) is 7.64. The van der Waals surface area contributed by atoms with Gasteiger partial charge in [-0.3, -0.25) is 0 Å². The fraction of sp³-hybridized carbons (Fsp3) is 0.562. The molecule has 0 N–H and O–H groups in total. The molecule has 1 aromatic heterocycles. The highest BCUT2D eigenvalue weighted by atomic mass is 35.5. The number of aryl methyl sites for hydroxylation is 1. The average Bonchev–Trinajstić information content (AvgIpc) is 2.67. The smallest absolute Gasteiger partial charge is 0.127 e. The van der Waals surface area contributed by atoms with Crippen LogP contribution in [0.3, 0.4) is 0 Å². The number of nitrogens with zero attached hydrogens (tertiary/aromatic N) is 2. The Morgan fingerprint density at radius 3 is 2.63 bits per heavy atom. The Bertz CT molecular complexity index is 596. The Kier molecular flexibility index (Phi) is 3.30. The van der Waals surface area contributed by atoms with E-state index in [1.54, 1.807) is 0 Å². The molecular formula is C16H21ClN2. The van der Waals surface area contributed by atoms with Crippen LogP contribution < -0.4 is 0 Å². The van der Waals surface area contributed by atoms with Gasteiger partial charge in [-0.1, -0.05) is 18.6 Å². The largest absolute Gasteiger partial charge is 0.323 e. The topological polar surface area (TPSA) is 17.8 Å². The molecular weight excluding hydrogens is 256 g/mol. The number of hydrogen-bond acceptors (Lipinski definition) is 1. The molecule has 2 nitrogen and oxygen atoms in total. The first kappa shape index (κ1) is 13.0. The van der Waals surface area contributed by atoms with Crippen molar-refractivity contribution < 1.29 is 0 Å². The van der Waals surface area contributed by atoms with Crippen molar-refractivity contribution in [3.05, 3.63) is 29.6 Å². The minimum Gasteiger partial charge on any atom is -0.323 e. The van der Waals surface area contributed by atoms with Crippen molar-refractivity contribution in [1.29, 1.82) is 0 Å². The van der Waals surface area contributed by atoms with Crippen LogP contribution in [0.15, 0.2) is 18.2 Å². The van der Waals surface area contributed by atoms with Crippen LogP contribution in [-0.4, -0.2) is 9.55 Å². The first-order valence-electron chi connectivity index (χ1n) is 7.21. The standard InChI is InChI=1S/C16H21ClN2/c1-10-6-4-9-14-15(10)19(16(18-14)11(2)17)12(3)13-7-5-8-13/h4,6,9,11-13H,5,7-8H2,1-3H3. The predicted molar refractivity (Wildman–Crippen MR) is 80.8 cm³/mol. The molecule has 1 saturated carbocycles. The summed E-state index contributed by atoms with van der Waals surface area (Å²) < 4.78 is 2.40. The van der Waals surface area contributed by atoms with Gasteiger partial charge in [0.1, 0.15) is 5.82 Å². The third kappa shape index (κ3) is 2.06. The van der Waals surface area contributed by atoms with Gasteiger partial charge in [-0.2, -0.15) is 0 Å². The number of aromatic nitrogens is 2. The lowest BCUT2D eigenvalue weighted by molar-refractivity contribution is 0.222. The molecule has 3 heteroatoms. The van der Waals surface area contributed by atoms with Crippen molar-refractivity contribution in [3.8, 4) is 0 Å². The summed E-state index contributed by atoms with van der Waals surface area (Å²) in [5, 5.41) is -0.0469. The van der Waals surface area contributed by atoms with E-state index < -0.39 is 0 Å². The van der Waals surface area contributed by atoms with E-state index in [0.717, 1.165) is 17.3 Å². The van der Waals surface area contributed by atoms with E-state index in [-0.39, 0.29) is 5.38 Å². The number of benzene rings is 1. The maximum Gasteiger partial charge on any atom is 0.127 e. The predicted octanol–water partition coefficient (Wildman–Crippen LogP) is 5.01. The molecule has 2 atom stereocenters. The first-order chi connectivity index (χ1) is 9.09. The maximum atomic E-state index is 6.36. The summed E-state index contributed by atoms with van der Waals surface area (Å²) in [6, 6.07) is 6.83. The zero-order valence-corrected chi connectivity index (χ0v) is 12.6. The van der Waals surface area contributed by atoms with Crippen molar-refractivity contribution in [2.24, 2.45) is 5.92 Å². The van der Waals surface area contributed by atoms with Crippen LogP contribution in [0, 0.1) is 12.8 Å². The zero-order valence-electron chi connectivity index (χ0n) is 11.9. The van der Waals surface area contributed by atoms with Crippen LogP contribution in [0.5, 0.6) is 0 Å². The molecule has 1 aliphatic rings. The summed E-state index contributed by atoms with van der Waals surface area (Å²) in [4.78, 5) is 4.77. The van der Waals surface area contributed by atoms with Gasteiger partial charge in [-0.25, -0.2) is 4.98 Å². The molecule has 1 aliphatic carbocycles. The third-order valence-electron chi connectivity index (χ3n) is 4.53. The molecule has 2 unspecified atom stereocenters. The molecule has 2 aromatic rings. The van der Waals surface area contributed by atoms with Crippen molar-refractivity contribution in [2.75, 3.05) is 0 Å². The van der Waals surface area contributed by atoms with E-state index in [2.05, 4.69) is 36.6 Å². The van der Waals surface area contributed by atoms with Gasteiger partial charge in [0, 0.05) is 6.04 Å². The quantitative estimate of drug-likeness (QED) is 0.721. The molecule has 102 valence electrons. The number of imidazole rings is 1. The van der Waals surface area contributed by atoms with Gasteiger partial charge in [0.15, 0.2) is 0 Å². The summed E-state index contributed by atoms with van der Waals surface area (Å²) >= 11 is 6.36. The van der Waals surface area contributed by atoms with Crippen LogP contribution in [-0.2, 0) is 0 Å². The normalized spacial score (nSPS) is 19.4. The number of para-hydroxylation sites is 1. The van der Waals surface area contributed by atoms with E-state index in [1.807, 2.05) is 6.92 Å². The minimum atomic E-state index is -0.0469. The summed E-state index contributed by atoms with van der Waals surface area (Å²) in [6.45, 7) is 6.50. The van der Waals surface area contributed by atoms with E-state index in [0.29, 0.717) is 6.04 Å². The lowest BCUT2D eigenvalue weighted by Crippen LogP contribution is -2.24. The maximum absolute atomic E-state index is 6.36. The number of fused-ring (bicyclic) bond motifs is 1. The number of alkyl halides is 1. The van der Waals surface area contributed by atoms with Gasteiger partial charge in [-0.05, 0) is 51.2 Å². The van der Waals surface area contributed by atoms with Crippen molar-refractivity contribution >= 4 is 22.6 Å². The van der Waals surface area contributed by atoms with Crippen LogP contribution in [0.1, 0.15) is 55.9 Å². The van der Waals surface area contributed by atoms with Gasteiger partial charge in [0.25, 0.3) is 0 Å². The van der Waals surface area contributed by atoms with Gasteiger partial charge >= 0.3 is 0 Å². The van der Waals surface area contributed by atoms with Gasteiger partial charge in [0.2, 0.25) is 0 Å². The zero-order chi connectivity index (χ0) is 13.6. The van der Waals surface area contributed by atoms with E-state index in [4.69, 9.17) is 16.6 Å². The lowest BCUT2D eigenvalue weighted by atomic mass is 9.80. The molecule has 1 fully saturated rings. The van der Waals surface area contributed by atoms with Crippen molar-refractivity contribution in [3.63, 3.8) is 0 Å². The number of hydrogen-bond donors (Lipinski definition) is 0. The van der Waals surface area contributed by atoms with E-state index in [9.17, 15) is 0 Å². The molecule has 0 radical (unpaired) electrons. The lowest BCUT2D eigenvalue weighted by Gasteiger charge is -2.34. The van der Waals surface area contributed by atoms with Gasteiger partial charge < -0.3 is 4.57 Å². The summed E-state index contributed by atoms with van der Waals surface area (Å²) in [5.41, 5.74) is 3.64. The molecule has 0 bridgehead atoms. The summed E-state index contributed by atoms with van der Waals surface area (Å²) in [7, 11) is 0. The highest BCUT2D eigenvalue weighted by Gasteiger charge is 2.29. The van der Waals surface area contributed by atoms with Gasteiger partial charge in [0.05, 0.1) is 16.4 Å². The van der Waals surface area contributed by atoms with Crippen LogP contribution >= 0.6 is 11.6 Å². The van der Waals surface area contributed by atoms with Crippen molar-refractivity contribution in [2.45, 2.75) is 51.5 Å². The molecule has 0 spiro atoms. The molecule has 0 amide bonds. The minimum absolute atomic E-state index is 0.0469. The van der Waals surface area contributed by atoms with Crippen molar-refractivity contribution in [1.82, 2.24) is 9.55 Å². The third-order valence-corrected chi connectivity index (χ3v) is 4.73. The summed E-state index contributed by atoms with van der Waals surface area (Å²) in [5.74, 6) is 1.80. The Hall–Kier alpha value is -1.02. The van der Waals surface area contributed by atoms with E-state index in [1.165, 1.54) is 30.3 Å². The summed E-state index contributed by atoms with van der Waals surface area (Å²) in [6.07, 6.45) is 4.04. The van der Waals surface area contributed by atoms with Gasteiger partial charge in [-0.15, -0.1) is 11.6 Å². The molecule has 1 aromatic carbocycles. The highest BCUT2D eigenvalue weighted by molar-refractivity contribution is 6.20. The highest BCUT2D eigenvalue weighted by Crippen LogP contribution is 2.40. The molecule has 19 heavy (non-hydrogen) atoms. The van der Waals surface area contributed by atoms with Crippen LogP contribution in [0.2, 0.25) is 0 Å². The van der Waals surface area contributed by atoms with Crippen LogP contribution in [0.4, 0.5) is 0 Å². The molecule has 0 aliphatic heterocycles. The Balaban J connectivity index is 2.20. The second kappa shape index (κ2) is 4.82. The monoisotopic (exact) mass is 276 g/mol. The number of rotatable bonds is 3. The Morgan fingerprint density at radius 2 is 2.05 bits per heavy atom. The molecule has 0 saturated heterocycles. The number of halogens is 1. The second-order valence-corrected chi connectivity index (χ2v) is 6.48. The fourth-order valence-electron chi connectivity index (χ4n) is 3.16. The molecule has 1 heterocycles. The van der Waals surface area contributed by atoms with E-state index >= 15 is 0 Å². The van der Waals surface area contributed by atoms with Crippen LogP contribution in [0.25, 0.3) is 11.0 Å². The average molecular weight is 277 g/mol. The fourth-order valence-corrected chi connectivity index (χ4v) is 3.32. The second-order valence-electron chi connectivity index (χ2n) is 5.83. The Labute approximate surface area is 119 Å².